The third-order valence-electron chi connectivity index (χ3n) is 3.34. The molecule has 1 heterocycles. The number of para-hydroxylation sites is 1. The van der Waals surface area contributed by atoms with Crippen LogP contribution in [0.3, 0.4) is 0 Å². The predicted octanol–water partition coefficient (Wildman–Crippen LogP) is 1.13. The van der Waals surface area contributed by atoms with Gasteiger partial charge in [0.1, 0.15) is 0 Å². The number of nitrogens with zero attached hydrogens (tertiary/aromatic N) is 1. The van der Waals surface area contributed by atoms with Crippen molar-refractivity contribution < 1.29 is 14.3 Å². The van der Waals surface area contributed by atoms with E-state index in [1.54, 1.807) is 12.0 Å². The fraction of sp³-hybridized carbons (Fsp3) is 0.467. The summed E-state index contributed by atoms with van der Waals surface area (Å²) in [4.78, 5) is 25.4. The number of urea groups is 1. The number of carbonyl (C=O) groups excluding carboxylic acids is 2. The zero-order valence-corrected chi connectivity index (χ0v) is 12.2. The van der Waals surface area contributed by atoms with Gasteiger partial charge in [0, 0.05) is 38.9 Å². The summed E-state index contributed by atoms with van der Waals surface area (Å²) in [5.41, 5.74) is 0.868. The van der Waals surface area contributed by atoms with Crippen molar-refractivity contribution >= 4 is 17.6 Å². The maximum Gasteiger partial charge on any atom is 0.315 e. The standard InChI is InChI=1S/C15H21N3O3/c1-21-9-5-8-16-15(20)17-12-10-14(19)18(11-12)13-6-3-2-4-7-13/h2-4,6-7,12H,5,8-11H2,1H3,(H2,16,17,20)/t12-/m1/s1. The average Bonchev–Trinajstić information content (AvgIpc) is 2.85. The van der Waals surface area contributed by atoms with Gasteiger partial charge in [-0.25, -0.2) is 4.79 Å². The molecular formula is C15H21N3O3. The van der Waals surface area contributed by atoms with Crippen molar-refractivity contribution in [3.05, 3.63) is 30.3 Å². The maximum atomic E-state index is 12.0. The SMILES string of the molecule is COCCCNC(=O)N[C@@H]1CC(=O)N(c2ccccc2)C1. The minimum Gasteiger partial charge on any atom is -0.385 e. The second kappa shape index (κ2) is 7.64. The summed E-state index contributed by atoms with van der Waals surface area (Å²) in [6.07, 6.45) is 1.10. The molecule has 0 unspecified atom stereocenters. The van der Waals surface area contributed by atoms with E-state index in [9.17, 15) is 9.59 Å². The molecule has 1 aromatic rings. The Bertz CT molecular complexity index is 478. The Morgan fingerprint density at radius 1 is 1.38 bits per heavy atom. The normalized spacial score (nSPS) is 17.9. The molecule has 6 heteroatoms. The quantitative estimate of drug-likeness (QED) is 0.772. The molecule has 0 aliphatic carbocycles. The van der Waals surface area contributed by atoms with Gasteiger partial charge in [-0.2, -0.15) is 0 Å². The van der Waals surface area contributed by atoms with E-state index < -0.39 is 0 Å². The Morgan fingerprint density at radius 3 is 2.86 bits per heavy atom. The topological polar surface area (TPSA) is 70.7 Å². The van der Waals surface area contributed by atoms with Crippen LogP contribution in [0.5, 0.6) is 0 Å². The van der Waals surface area contributed by atoms with Crippen LogP contribution in [0.2, 0.25) is 0 Å². The summed E-state index contributed by atoms with van der Waals surface area (Å²) < 4.78 is 4.91. The highest BCUT2D eigenvalue weighted by Gasteiger charge is 2.31. The Labute approximate surface area is 124 Å². The number of amides is 3. The van der Waals surface area contributed by atoms with E-state index >= 15 is 0 Å². The summed E-state index contributed by atoms with van der Waals surface area (Å²) >= 11 is 0. The first-order valence-electron chi connectivity index (χ1n) is 7.09. The van der Waals surface area contributed by atoms with Gasteiger partial charge >= 0.3 is 6.03 Å². The molecule has 0 spiro atoms. The summed E-state index contributed by atoms with van der Waals surface area (Å²) in [5, 5.41) is 5.59. The molecule has 21 heavy (non-hydrogen) atoms. The van der Waals surface area contributed by atoms with Gasteiger partial charge < -0.3 is 20.3 Å². The number of ether oxygens (including phenoxy) is 1. The van der Waals surface area contributed by atoms with E-state index in [4.69, 9.17) is 4.74 Å². The lowest BCUT2D eigenvalue weighted by Crippen LogP contribution is -2.43. The molecule has 2 rings (SSSR count). The summed E-state index contributed by atoms with van der Waals surface area (Å²) in [7, 11) is 1.63. The third-order valence-corrected chi connectivity index (χ3v) is 3.34. The van der Waals surface area contributed by atoms with Crippen LogP contribution in [0.25, 0.3) is 0 Å². The van der Waals surface area contributed by atoms with E-state index in [1.165, 1.54) is 0 Å². The molecule has 114 valence electrons. The molecule has 0 saturated carbocycles. The summed E-state index contributed by atoms with van der Waals surface area (Å²) in [5.74, 6) is 0.0332. The van der Waals surface area contributed by atoms with Gasteiger partial charge in [0.15, 0.2) is 0 Å². The lowest BCUT2D eigenvalue weighted by molar-refractivity contribution is -0.117. The highest BCUT2D eigenvalue weighted by Crippen LogP contribution is 2.20. The number of rotatable bonds is 6. The van der Waals surface area contributed by atoms with Crippen LogP contribution in [0, 0.1) is 0 Å². The summed E-state index contributed by atoms with van der Waals surface area (Å²) in [6, 6.07) is 9.10. The third kappa shape index (κ3) is 4.46. The van der Waals surface area contributed by atoms with Crippen LogP contribution in [0.1, 0.15) is 12.8 Å². The molecule has 3 amide bonds. The van der Waals surface area contributed by atoms with Crippen LogP contribution >= 0.6 is 0 Å². The van der Waals surface area contributed by atoms with Crippen molar-refractivity contribution in [1.29, 1.82) is 0 Å². The lowest BCUT2D eigenvalue weighted by Gasteiger charge is -2.17. The molecule has 0 radical (unpaired) electrons. The van der Waals surface area contributed by atoms with Crippen molar-refractivity contribution in [2.24, 2.45) is 0 Å². The molecule has 1 fully saturated rings. The smallest absolute Gasteiger partial charge is 0.315 e. The highest BCUT2D eigenvalue weighted by atomic mass is 16.5. The Kier molecular flexibility index (Phi) is 5.57. The first kappa shape index (κ1) is 15.3. The van der Waals surface area contributed by atoms with Crippen LogP contribution in [-0.2, 0) is 9.53 Å². The number of carbonyl (C=O) groups is 2. The van der Waals surface area contributed by atoms with Crippen molar-refractivity contribution in [2.45, 2.75) is 18.9 Å². The highest BCUT2D eigenvalue weighted by molar-refractivity contribution is 5.96. The van der Waals surface area contributed by atoms with Gasteiger partial charge in [-0.1, -0.05) is 18.2 Å². The number of hydrogen-bond donors (Lipinski definition) is 2. The molecule has 0 bridgehead atoms. The monoisotopic (exact) mass is 291 g/mol. The van der Waals surface area contributed by atoms with E-state index in [-0.39, 0.29) is 18.0 Å². The first-order valence-corrected chi connectivity index (χ1v) is 7.09. The van der Waals surface area contributed by atoms with Crippen LogP contribution in [0.4, 0.5) is 10.5 Å². The first-order chi connectivity index (χ1) is 10.2. The molecular weight excluding hydrogens is 270 g/mol. The minimum atomic E-state index is -0.237. The van der Waals surface area contributed by atoms with Gasteiger partial charge in [0.25, 0.3) is 0 Å². The van der Waals surface area contributed by atoms with E-state index in [0.717, 1.165) is 12.1 Å². The molecule has 1 aliphatic heterocycles. The van der Waals surface area contributed by atoms with E-state index in [2.05, 4.69) is 10.6 Å². The fourth-order valence-corrected chi connectivity index (χ4v) is 2.32. The molecule has 1 saturated heterocycles. The molecule has 1 atom stereocenters. The molecule has 1 aliphatic rings. The van der Waals surface area contributed by atoms with Gasteiger partial charge in [-0.05, 0) is 18.6 Å². The van der Waals surface area contributed by atoms with Crippen LogP contribution < -0.4 is 15.5 Å². The summed E-state index contributed by atoms with van der Waals surface area (Å²) in [6.45, 7) is 1.68. The maximum absolute atomic E-state index is 12.0. The number of methoxy groups -OCH3 is 1. The van der Waals surface area contributed by atoms with E-state index in [0.29, 0.717) is 26.1 Å². The van der Waals surface area contributed by atoms with Crippen LogP contribution in [-0.4, -0.2) is 44.8 Å². The van der Waals surface area contributed by atoms with Crippen molar-refractivity contribution in [3.63, 3.8) is 0 Å². The minimum absolute atomic E-state index is 0.0332. The Morgan fingerprint density at radius 2 is 2.14 bits per heavy atom. The van der Waals surface area contributed by atoms with E-state index in [1.807, 2.05) is 30.3 Å². The Hall–Kier alpha value is -2.08. The number of benzene rings is 1. The van der Waals surface area contributed by atoms with Crippen LogP contribution in [0.15, 0.2) is 30.3 Å². The van der Waals surface area contributed by atoms with Gasteiger partial charge in [-0.3, -0.25) is 4.79 Å². The Balaban J connectivity index is 1.79. The van der Waals surface area contributed by atoms with Gasteiger partial charge in [0.2, 0.25) is 5.91 Å². The fourth-order valence-electron chi connectivity index (χ4n) is 2.32. The zero-order valence-electron chi connectivity index (χ0n) is 12.2. The largest absolute Gasteiger partial charge is 0.385 e. The molecule has 1 aromatic carbocycles. The lowest BCUT2D eigenvalue weighted by atomic mass is 10.2. The molecule has 0 aromatic heterocycles. The second-order valence-corrected chi connectivity index (χ2v) is 4.99. The molecule has 2 N–H and O–H groups in total. The zero-order chi connectivity index (χ0) is 15.1. The second-order valence-electron chi connectivity index (χ2n) is 4.99. The predicted molar refractivity (Wildman–Crippen MR) is 80.2 cm³/mol. The number of anilines is 1. The van der Waals surface area contributed by atoms with Gasteiger partial charge in [0.05, 0.1) is 6.04 Å². The van der Waals surface area contributed by atoms with Gasteiger partial charge in [-0.15, -0.1) is 0 Å². The number of nitrogens with one attached hydrogen (secondary N) is 2. The number of hydrogen-bond acceptors (Lipinski definition) is 3. The average molecular weight is 291 g/mol. The molecule has 6 nitrogen and oxygen atoms in total. The van der Waals surface area contributed by atoms with Crippen molar-refractivity contribution in [2.75, 3.05) is 31.7 Å². The van der Waals surface area contributed by atoms with Crippen molar-refractivity contribution in [1.82, 2.24) is 10.6 Å². The van der Waals surface area contributed by atoms with Crippen molar-refractivity contribution in [3.8, 4) is 0 Å².